The molecule has 0 bridgehead atoms. The van der Waals surface area contributed by atoms with Crippen molar-refractivity contribution in [3.63, 3.8) is 0 Å². The van der Waals surface area contributed by atoms with Crippen molar-refractivity contribution in [2.45, 2.75) is 44.6 Å². The van der Waals surface area contributed by atoms with Crippen LogP contribution in [0.3, 0.4) is 0 Å². The average molecular weight is 483 g/mol. The average Bonchev–Trinajstić information content (AvgIpc) is 3.58. The zero-order valence-electron chi connectivity index (χ0n) is 19.2. The molecule has 178 valence electrons. The van der Waals surface area contributed by atoms with Crippen LogP contribution in [-0.2, 0) is 19.6 Å². The molecule has 1 aromatic heterocycles. The monoisotopic (exact) mass is 482 g/mol. The van der Waals surface area contributed by atoms with E-state index in [1.54, 1.807) is 11.6 Å². The summed E-state index contributed by atoms with van der Waals surface area (Å²) in [5.41, 5.74) is 3.94. The van der Waals surface area contributed by atoms with E-state index in [9.17, 15) is 18.0 Å². The fourth-order valence-electron chi connectivity index (χ4n) is 3.43. The summed E-state index contributed by atoms with van der Waals surface area (Å²) in [6.07, 6.45) is 1.61. The Kier molecular flexibility index (Phi) is 6.54. The highest BCUT2D eigenvalue weighted by Crippen LogP contribution is 2.24. The Morgan fingerprint density at radius 3 is 2.47 bits per heavy atom. The van der Waals surface area contributed by atoms with Crippen LogP contribution in [0.15, 0.2) is 53.4 Å². The van der Waals surface area contributed by atoms with E-state index in [4.69, 9.17) is 4.74 Å². The van der Waals surface area contributed by atoms with E-state index < -0.39 is 28.5 Å². The molecule has 0 atom stereocenters. The van der Waals surface area contributed by atoms with Crippen molar-refractivity contribution in [2.24, 2.45) is 0 Å². The van der Waals surface area contributed by atoms with E-state index >= 15 is 0 Å². The van der Waals surface area contributed by atoms with E-state index in [2.05, 4.69) is 15.1 Å². The highest BCUT2D eigenvalue weighted by Gasteiger charge is 2.28. The van der Waals surface area contributed by atoms with Gasteiger partial charge in [-0.3, -0.25) is 4.79 Å². The summed E-state index contributed by atoms with van der Waals surface area (Å²) in [6.45, 7) is 5.09. The maximum atomic E-state index is 12.5. The minimum absolute atomic E-state index is 0.0203. The Bertz CT molecular complexity index is 1340. The van der Waals surface area contributed by atoms with Crippen LogP contribution in [0.4, 0.5) is 5.69 Å². The molecule has 1 aliphatic rings. The molecular formula is C24H26N4O5S. The number of hydrogen-bond donors (Lipinski definition) is 2. The smallest absolute Gasteiger partial charge is 0.338 e. The molecule has 0 unspecified atom stereocenters. The van der Waals surface area contributed by atoms with E-state index in [1.807, 2.05) is 38.1 Å². The quantitative estimate of drug-likeness (QED) is 0.476. The lowest BCUT2D eigenvalue weighted by Crippen LogP contribution is -2.26. The van der Waals surface area contributed by atoms with Gasteiger partial charge in [-0.1, -0.05) is 23.8 Å². The van der Waals surface area contributed by atoms with Crippen LogP contribution < -0.4 is 10.0 Å². The van der Waals surface area contributed by atoms with Gasteiger partial charge < -0.3 is 10.1 Å². The van der Waals surface area contributed by atoms with Crippen LogP contribution in [0.5, 0.6) is 0 Å². The second-order valence-corrected chi connectivity index (χ2v) is 10.1. The van der Waals surface area contributed by atoms with Crippen LogP contribution in [0, 0.1) is 20.8 Å². The third-order valence-corrected chi connectivity index (χ3v) is 6.97. The maximum absolute atomic E-state index is 12.5. The number of aromatic nitrogens is 2. The Labute approximate surface area is 198 Å². The molecule has 1 heterocycles. The van der Waals surface area contributed by atoms with Crippen LogP contribution in [0.2, 0.25) is 0 Å². The van der Waals surface area contributed by atoms with Gasteiger partial charge in [-0.2, -0.15) is 5.10 Å². The van der Waals surface area contributed by atoms with Gasteiger partial charge in [0.25, 0.3) is 5.91 Å². The number of aryl methyl sites for hydroxylation is 2. The van der Waals surface area contributed by atoms with Gasteiger partial charge in [0.2, 0.25) is 10.0 Å². The molecular weight excluding hydrogens is 456 g/mol. The molecule has 1 amide bonds. The maximum Gasteiger partial charge on any atom is 0.338 e. The summed E-state index contributed by atoms with van der Waals surface area (Å²) in [5, 5.41) is 7.24. The number of esters is 1. The first kappa shape index (κ1) is 23.7. The number of sulfonamides is 1. The number of anilines is 1. The topological polar surface area (TPSA) is 119 Å². The molecule has 0 spiro atoms. The molecule has 4 rings (SSSR count). The highest BCUT2D eigenvalue weighted by atomic mass is 32.2. The standard InChI is InChI=1S/C24H26N4O5S/c1-15-7-11-20(12-8-15)28-17(3)23(16(2)26-28)25-22(29)14-33-24(30)18-5-4-6-21(13-18)34(31,32)27-19-9-10-19/h4-8,11-13,19,27H,9-10,14H2,1-3H3,(H,25,29). The molecule has 9 nitrogen and oxygen atoms in total. The van der Waals surface area contributed by atoms with Crippen molar-refractivity contribution in [2.75, 3.05) is 11.9 Å². The van der Waals surface area contributed by atoms with E-state index in [-0.39, 0.29) is 16.5 Å². The first-order chi connectivity index (χ1) is 16.1. The number of nitrogens with zero attached hydrogens (tertiary/aromatic N) is 2. The summed E-state index contributed by atoms with van der Waals surface area (Å²) in [5.74, 6) is -1.32. The molecule has 0 saturated heterocycles. The van der Waals surface area contributed by atoms with Gasteiger partial charge >= 0.3 is 5.97 Å². The largest absolute Gasteiger partial charge is 0.452 e. The number of amides is 1. The minimum Gasteiger partial charge on any atom is -0.452 e. The van der Waals surface area contributed by atoms with Crippen molar-refractivity contribution in [1.82, 2.24) is 14.5 Å². The molecule has 34 heavy (non-hydrogen) atoms. The Balaban J connectivity index is 1.39. The van der Waals surface area contributed by atoms with Crippen molar-refractivity contribution in [3.8, 4) is 5.69 Å². The second-order valence-electron chi connectivity index (χ2n) is 8.34. The molecule has 0 radical (unpaired) electrons. The first-order valence-corrected chi connectivity index (χ1v) is 12.3. The Morgan fingerprint density at radius 2 is 1.79 bits per heavy atom. The van der Waals surface area contributed by atoms with Crippen molar-refractivity contribution < 1.29 is 22.7 Å². The summed E-state index contributed by atoms with van der Waals surface area (Å²) in [6, 6.07) is 13.3. The summed E-state index contributed by atoms with van der Waals surface area (Å²) < 4.78 is 34.2. The Hall–Kier alpha value is -3.50. The molecule has 0 aliphatic heterocycles. The van der Waals surface area contributed by atoms with Crippen LogP contribution in [0.1, 0.15) is 40.2 Å². The van der Waals surface area contributed by atoms with E-state index in [0.717, 1.165) is 29.8 Å². The highest BCUT2D eigenvalue weighted by molar-refractivity contribution is 7.89. The fourth-order valence-corrected chi connectivity index (χ4v) is 4.78. The molecule has 10 heteroatoms. The van der Waals surface area contributed by atoms with Crippen molar-refractivity contribution in [3.05, 3.63) is 71.0 Å². The van der Waals surface area contributed by atoms with Gasteiger partial charge in [0, 0.05) is 6.04 Å². The predicted octanol–water partition coefficient (Wildman–Crippen LogP) is 3.03. The summed E-state index contributed by atoms with van der Waals surface area (Å²) >= 11 is 0. The molecule has 1 aliphatic carbocycles. The van der Waals surface area contributed by atoms with Gasteiger partial charge in [-0.15, -0.1) is 0 Å². The second kappa shape index (κ2) is 9.40. The fraction of sp³-hybridized carbons (Fsp3) is 0.292. The van der Waals surface area contributed by atoms with Crippen molar-refractivity contribution >= 4 is 27.6 Å². The van der Waals surface area contributed by atoms with Gasteiger partial charge in [0.05, 0.1) is 33.2 Å². The first-order valence-electron chi connectivity index (χ1n) is 10.9. The summed E-state index contributed by atoms with van der Waals surface area (Å²) in [7, 11) is -3.70. The lowest BCUT2D eigenvalue weighted by molar-refractivity contribution is -0.119. The van der Waals surface area contributed by atoms with Crippen molar-refractivity contribution in [1.29, 1.82) is 0 Å². The Morgan fingerprint density at radius 1 is 1.09 bits per heavy atom. The summed E-state index contributed by atoms with van der Waals surface area (Å²) in [4.78, 5) is 24.9. The number of carbonyl (C=O) groups excluding carboxylic acids is 2. The number of hydrogen-bond acceptors (Lipinski definition) is 6. The zero-order chi connectivity index (χ0) is 24.5. The van der Waals surface area contributed by atoms with Gasteiger partial charge in [-0.05, 0) is 63.9 Å². The number of benzene rings is 2. The molecule has 1 saturated carbocycles. The van der Waals surface area contributed by atoms with Crippen LogP contribution in [0.25, 0.3) is 5.69 Å². The number of nitrogens with one attached hydrogen (secondary N) is 2. The lowest BCUT2D eigenvalue weighted by atomic mass is 10.2. The predicted molar refractivity (Wildman–Crippen MR) is 126 cm³/mol. The van der Waals surface area contributed by atoms with Gasteiger partial charge in [0.15, 0.2) is 6.61 Å². The van der Waals surface area contributed by atoms with Crippen LogP contribution >= 0.6 is 0 Å². The van der Waals surface area contributed by atoms with Gasteiger partial charge in [-0.25, -0.2) is 22.6 Å². The van der Waals surface area contributed by atoms with Gasteiger partial charge in [0.1, 0.15) is 0 Å². The van der Waals surface area contributed by atoms with Crippen LogP contribution in [-0.4, -0.2) is 42.7 Å². The zero-order valence-corrected chi connectivity index (χ0v) is 20.0. The molecule has 2 aromatic carbocycles. The molecule has 2 N–H and O–H groups in total. The number of carbonyl (C=O) groups is 2. The third-order valence-electron chi connectivity index (χ3n) is 5.45. The number of rotatable bonds is 8. The SMILES string of the molecule is Cc1ccc(-n2nc(C)c(NC(=O)COC(=O)c3cccc(S(=O)(=O)NC4CC4)c3)c2C)cc1. The number of ether oxygens (including phenoxy) is 1. The minimum atomic E-state index is -3.70. The molecule has 3 aromatic rings. The molecule has 1 fully saturated rings. The lowest BCUT2D eigenvalue weighted by Gasteiger charge is -2.09. The normalized spacial score (nSPS) is 13.5. The third kappa shape index (κ3) is 5.35. The van der Waals surface area contributed by atoms with E-state index in [0.29, 0.717) is 11.4 Å². The van der Waals surface area contributed by atoms with E-state index in [1.165, 1.54) is 24.3 Å².